The van der Waals surface area contributed by atoms with Gasteiger partial charge in [-0.1, -0.05) is 268 Å². The Labute approximate surface area is 628 Å². The Bertz CT molecular complexity index is 7410. The van der Waals surface area contributed by atoms with Crippen LogP contribution in [-0.2, 0) is 17.3 Å². The van der Waals surface area contributed by atoms with Crippen LogP contribution in [0.25, 0.3) is 180 Å². The summed E-state index contributed by atoms with van der Waals surface area (Å²) in [5, 5.41) is 23.5. The molecule has 3 aliphatic carbocycles. The number of aromatic nitrogens is 3. The SMILES string of the molecule is Brc1ccc2c(c1)c1ccccc1n2-c1ccccc1.CC1(C)c2ccccc2-c2cc3c(cc21)Cc1cc2c4ccccc4c4ccccc4c2cc1-3.CC1(C)c2ccccc2-c2cc3c4cc5c6ccccc6c6ccccc6c5cc4n(-c4ccc5c(c4)c4ccccc4n5-c4ccccc4)c3cc21. The molecule has 3 aliphatic rings. The van der Waals surface area contributed by atoms with Crippen molar-refractivity contribution in [3.63, 3.8) is 0 Å². The van der Waals surface area contributed by atoms with Gasteiger partial charge in [-0.05, 0) is 253 Å². The largest absolute Gasteiger partial charge is 0.309 e. The predicted octanol–water partition coefficient (Wildman–Crippen LogP) is 28.2. The average molecular weight is 1430 g/mol. The smallest absolute Gasteiger partial charge is 0.0547 e. The molecule has 0 radical (unpaired) electrons. The summed E-state index contributed by atoms with van der Waals surface area (Å²) in [5.74, 6) is 0. The van der Waals surface area contributed by atoms with Gasteiger partial charge in [0.2, 0.25) is 0 Å². The topological polar surface area (TPSA) is 14.8 Å². The molecule has 107 heavy (non-hydrogen) atoms. The zero-order valence-electron chi connectivity index (χ0n) is 59.8. The summed E-state index contributed by atoms with van der Waals surface area (Å²) >= 11 is 3.57. The van der Waals surface area contributed by atoms with E-state index in [0.717, 1.165) is 10.9 Å². The summed E-state index contributed by atoms with van der Waals surface area (Å²) < 4.78 is 8.37. The third-order valence-electron chi connectivity index (χ3n) is 24.4. The van der Waals surface area contributed by atoms with Crippen LogP contribution in [0.3, 0.4) is 0 Å². The zero-order chi connectivity index (χ0) is 71.1. The number of fused-ring (bicyclic) bond motifs is 30. The van der Waals surface area contributed by atoms with E-state index < -0.39 is 0 Å². The van der Waals surface area contributed by atoms with Crippen molar-refractivity contribution in [3.8, 4) is 50.4 Å². The van der Waals surface area contributed by atoms with E-state index in [2.05, 4.69) is 391 Å². The molecule has 0 fully saturated rings. The Morgan fingerprint density at radius 3 is 1.09 bits per heavy atom. The highest BCUT2D eigenvalue weighted by Gasteiger charge is 2.39. The third kappa shape index (κ3) is 9.06. The maximum Gasteiger partial charge on any atom is 0.0547 e. The standard InChI is InChI=1S/C51H34N2.C34H24.C18H12BrN/c1-51(2)45-22-12-10-20-37(45)41-28-44-43-27-39-35-18-8-6-16-33(35)34-17-7-9-19-36(34)40(39)29-49(43)53(50(44)30-46(41)51)32-24-25-48-42(26-32)38-21-11-13-23-47(38)52(48)31-14-4-3-5-15-31;1-34(2)32-14-8-7-13-26(32)31-19-28-21(17-33(31)34)15-20-16-29-24-11-5-3-9-22(24)23-10-4-6-12-25(23)30(29)18-27(20)28;19-13-10-11-18-16(12-13)15-8-4-5-9-17(15)20(18)14-6-2-1-3-7-14/h3-30H,1-2H3;3-14,16-19H,15H2,1-2H3;1-12H. The lowest BCUT2D eigenvalue weighted by Gasteiger charge is -2.22. The van der Waals surface area contributed by atoms with Gasteiger partial charge in [0.15, 0.2) is 0 Å². The van der Waals surface area contributed by atoms with Crippen LogP contribution in [0.4, 0.5) is 0 Å². The van der Waals surface area contributed by atoms with Crippen LogP contribution in [0.15, 0.2) is 344 Å². The summed E-state index contributed by atoms with van der Waals surface area (Å²) in [6, 6.07) is 126. The van der Waals surface area contributed by atoms with E-state index in [9.17, 15) is 0 Å². The number of nitrogens with zero attached hydrogens (tertiary/aromatic N) is 3. The van der Waals surface area contributed by atoms with Gasteiger partial charge in [0.1, 0.15) is 0 Å². The number of halogens is 1. The van der Waals surface area contributed by atoms with Crippen molar-refractivity contribution in [2.45, 2.75) is 44.9 Å². The Morgan fingerprint density at radius 1 is 0.206 bits per heavy atom. The van der Waals surface area contributed by atoms with Crippen molar-refractivity contribution in [2.24, 2.45) is 0 Å². The van der Waals surface area contributed by atoms with Crippen LogP contribution in [0.1, 0.15) is 61.1 Å². The quantitative estimate of drug-likeness (QED) is 0.157. The number of hydrogen-bond acceptors (Lipinski definition) is 0. The van der Waals surface area contributed by atoms with Gasteiger partial charge in [-0.2, -0.15) is 0 Å². The van der Waals surface area contributed by atoms with Crippen LogP contribution < -0.4 is 0 Å². The molecule has 3 heterocycles. The Morgan fingerprint density at radius 2 is 0.551 bits per heavy atom. The minimum absolute atomic E-state index is 0.0485. The Kier molecular flexibility index (Phi) is 13.4. The maximum atomic E-state index is 3.57. The van der Waals surface area contributed by atoms with Crippen LogP contribution in [-0.4, -0.2) is 13.7 Å². The normalized spacial score (nSPS) is 13.6. The fourth-order valence-electron chi connectivity index (χ4n) is 19.4. The summed E-state index contributed by atoms with van der Waals surface area (Å²) in [5.41, 5.74) is 27.8. The first kappa shape index (κ1) is 61.8. The van der Waals surface area contributed by atoms with Crippen molar-refractivity contribution < 1.29 is 0 Å². The fraction of sp³-hybridized carbons (Fsp3) is 0.0680. The first-order valence-electron chi connectivity index (χ1n) is 37.4. The molecule has 18 aromatic carbocycles. The van der Waals surface area contributed by atoms with Gasteiger partial charge in [0.25, 0.3) is 0 Å². The molecule has 24 rings (SSSR count). The van der Waals surface area contributed by atoms with Gasteiger partial charge in [-0.15, -0.1) is 0 Å². The van der Waals surface area contributed by atoms with E-state index in [1.54, 1.807) is 0 Å². The van der Waals surface area contributed by atoms with Crippen LogP contribution in [0, 0.1) is 0 Å². The fourth-order valence-corrected chi connectivity index (χ4v) is 19.8. The monoisotopic (exact) mass is 1430 g/mol. The van der Waals surface area contributed by atoms with E-state index in [0.29, 0.717) is 0 Å². The van der Waals surface area contributed by atoms with Crippen LogP contribution >= 0.6 is 15.9 Å². The summed E-state index contributed by atoms with van der Waals surface area (Å²) in [4.78, 5) is 0. The molecule has 4 heteroatoms. The van der Waals surface area contributed by atoms with E-state index in [1.807, 2.05) is 6.07 Å². The lowest BCUT2D eigenvalue weighted by atomic mass is 9.81. The molecular formula is C103H70BrN3. The second-order valence-corrected chi connectivity index (χ2v) is 31.6. The second kappa shape index (κ2) is 23.2. The van der Waals surface area contributed by atoms with Gasteiger partial charge in [0, 0.05) is 64.7 Å². The molecule has 0 atom stereocenters. The van der Waals surface area contributed by atoms with Gasteiger partial charge < -0.3 is 13.7 Å². The van der Waals surface area contributed by atoms with Gasteiger partial charge in [-0.3, -0.25) is 0 Å². The molecule has 21 aromatic rings. The van der Waals surface area contributed by atoms with Crippen LogP contribution in [0.2, 0.25) is 0 Å². The van der Waals surface area contributed by atoms with E-state index in [-0.39, 0.29) is 10.8 Å². The van der Waals surface area contributed by atoms with Crippen molar-refractivity contribution in [3.05, 3.63) is 378 Å². The summed E-state index contributed by atoms with van der Waals surface area (Å²) in [7, 11) is 0. The molecule has 0 spiro atoms. The molecule has 3 nitrogen and oxygen atoms in total. The van der Waals surface area contributed by atoms with Crippen molar-refractivity contribution in [2.75, 3.05) is 0 Å². The zero-order valence-corrected chi connectivity index (χ0v) is 61.3. The number of hydrogen-bond donors (Lipinski definition) is 0. The highest BCUT2D eigenvalue weighted by atomic mass is 79.9. The Hall–Kier alpha value is -12.6. The van der Waals surface area contributed by atoms with Gasteiger partial charge in [0.05, 0.1) is 33.1 Å². The lowest BCUT2D eigenvalue weighted by Crippen LogP contribution is -2.15. The third-order valence-corrected chi connectivity index (χ3v) is 24.8. The average Bonchev–Trinajstić information content (AvgIpc) is 1.62. The molecule has 3 aromatic heterocycles. The molecule has 0 aliphatic heterocycles. The van der Waals surface area contributed by atoms with E-state index >= 15 is 0 Å². The summed E-state index contributed by atoms with van der Waals surface area (Å²) in [6.07, 6.45) is 1.02. The highest BCUT2D eigenvalue weighted by Crippen LogP contribution is 2.55. The molecule has 0 N–H and O–H groups in total. The molecule has 0 saturated carbocycles. The minimum Gasteiger partial charge on any atom is -0.309 e. The van der Waals surface area contributed by atoms with E-state index in [4.69, 9.17) is 0 Å². The minimum atomic E-state index is -0.106. The molecule has 0 bridgehead atoms. The first-order chi connectivity index (χ1) is 52.5. The molecule has 0 saturated heterocycles. The van der Waals surface area contributed by atoms with Gasteiger partial charge in [-0.25, -0.2) is 0 Å². The van der Waals surface area contributed by atoms with Crippen LogP contribution in [0.5, 0.6) is 0 Å². The molecular weight excluding hydrogens is 1360 g/mol. The maximum absolute atomic E-state index is 3.57. The van der Waals surface area contributed by atoms with Crippen molar-refractivity contribution in [1.29, 1.82) is 0 Å². The lowest BCUT2D eigenvalue weighted by molar-refractivity contribution is 0.659. The van der Waals surface area contributed by atoms with E-state index in [1.165, 1.54) is 214 Å². The highest BCUT2D eigenvalue weighted by molar-refractivity contribution is 9.10. The van der Waals surface area contributed by atoms with Crippen molar-refractivity contribution in [1.82, 2.24) is 13.7 Å². The summed E-state index contributed by atoms with van der Waals surface area (Å²) in [6.45, 7) is 9.51. The molecule has 504 valence electrons. The Balaban J connectivity index is 0.000000112. The second-order valence-electron chi connectivity index (χ2n) is 30.7. The molecule has 0 unspecified atom stereocenters. The number of rotatable bonds is 3. The number of benzene rings is 18. The van der Waals surface area contributed by atoms with Crippen molar-refractivity contribution >= 4 is 146 Å². The molecule has 0 amide bonds. The predicted molar refractivity (Wildman–Crippen MR) is 458 cm³/mol. The van der Waals surface area contributed by atoms with Gasteiger partial charge >= 0.3 is 0 Å². The first-order valence-corrected chi connectivity index (χ1v) is 38.2. The number of para-hydroxylation sites is 4.